The van der Waals surface area contributed by atoms with Gasteiger partial charge in [-0.3, -0.25) is 14.5 Å². The Morgan fingerprint density at radius 2 is 1.81 bits per heavy atom. The van der Waals surface area contributed by atoms with Crippen molar-refractivity contribution in [3.05, 3.63) is 130 Å². The van der Waals surface area contributed by atoms with Crippen molar-refractivity contribution < 1.29 is 33.4 Å². The van der Waals surface area contributed by atoms with E-state index in [2.05, 4.69) is 11.6 Å². The average Bonchev–Trinajstić information content (AvgIpc) is 3.51. The molecule has 1 unspecified atom stereocenters. The summed E-state index contributed by atoms with van der Waals surface area (Å²) in [4.78, 5) is 45.2. The van der Waals surface area contributed by atoms with Crippen LogP contribution in [-0.2, 0) is 20.9 Å². The smallest absolute Gasteiger partial charge is 0.350 e. The van der Waals surface area contributed by atoms with Crippen LogP contribution in [-0.4, -0.2) is 34.4 Å². The van der Waals surface area contributed by atoms with E-state index in [9.17, 15) is 23.9 Å². The molecule has 1 aromatic heterocycles. The fourth-order valence-corrected chi connectivity index (χ4v) is 5.70. The number of aromatic nitrogens is 1. The first-order chi connectivity index (χ1) is 20.7. The Morgan fingerprint density at radius 1 is 1.09 bits per heavy atom. The van der Waals surface area contributed by atoms with Gasteiger partial charge in [0.2, 0.25) is 0 Å². The minimum Gasteiger partial charge on any atom is -0.507 e. The quantitative estimate of drug-likeness (QED) is 0.0776. The van der Waals surface area contributed by atoms with Gasteiger partial charge in [-0.25, -0.2) is 14.2 Å². The molecule has 1 atom stereocenters. The Hall–Kier alpha value is -5.09. The van der Waals surface area contributed by atoms with Crippen molar-refractivity contribution in [1.29, 1.82) is 0 Å². The molecule has 1 N–H and O–H groups in total. The lowest BCUT2D eigenvalue weighted by Gasteiger charge is -2.23. The zero-order valence-electron chi connectivity index (χ0n) is 23.4. The second-order valence-electron chi connectivity index (χ2n) is 9.77. The van der Waals surface area contributed by atoms with E-state index in [1.54, 1.807) is 32.0 Å². The number of ketones is 1. The number of rotatable bonds is 9. The molecule has 0 bridgehead atoms. The Morgan fingerprint density at radius 3 is 2.49 bits per heavy atom. The van der Waals surface area contributed by atoms with Crippen LogP contribution in [0.3, 0.4) is 0 Å². The van der Waals surface area contributed by atoms with Gasteiger partial charge in [-0.05, 0) is 60.9 Å². The molecule has 1 aliphatic heterocycles. The Labute approximate surface area is 251 Å². The molecular formula is C33H27FN2O6S. The van der Waals surface area contributed by atoms with Gasteiger partial charge in [0.1, 0.15) is 35.4 Å². The zero-order chi connectivity index (χ0) is 30.7. The van der Waals surface area contributed by atoms with E-state index in [4.69, 9.17) is 9.47 Å². The summed E-state index contributed by atoms with van der Waals surface area (Å²) in [6, 6.07) is 18.7. The van der Waals surface area contributed by atoms with Crippen molar-refractivity contribution in [1.82, 2.24) is 4.98 Å². The number of esters is 1. The molecule has 8 nitrogen and oxygen atoms in total. The van der Waals surface area contributed by atoms with Gasteiger partial charge in [-0.2, -0.15) is 0 Å². The van der Waals surface area contributed by atoms with Crippen molar-refractivity contribution >= 4 is 39.9 Å². The fraction of sp³-hybridized carbons (Fsp3) is 0.152. The third-order valence-electron chi connectivity index (χ3n) is 6.82. The number of Topliss-reactive ketones (excluding diaryl/α,β-unsaturated/α-hetero) is 1. The van der Waals surface area contributed by atoms with E-state index in [1.807, 2.05) is 30.3 Å². The van der Waals surface area contributed by atoms with Crippen LogP contribution in [0.25, 0.3) is 5.76 Å². The highest BCUT2D eigenvalue weighted by Crippen LogP contribution is 2.44. The van der Waals surface area contributed by atoms with Crippen molar-refractivity contribution in [2.24, 2.45) is 0 Å². The molecule has 0 spiro atoms. The van der Waals surface area contributed by atoms with Crippen LogP contribution in [0, 0.1) is 19.7 Å². The van der Waals surface area contributed by atoms with E-state index >= 15 is 0 Å². The van der Waals surface area contributed by atoms with Crippen LogP contribution in [0.5, 0.6) is 5.75 Å². The van der Waals surface area contributed by atoms with Crippen molar-refractivity contribution in [3.63, 3.8) is 0 Å². The van der Waals surface area contributed by atoms with Crippen molar-refractivity contribution in [2.45, 2.75) is 26.5 Å². The van der Waals surface area contributed by atoms with Crippen LogP contribution >= 0.6 is 11.3 Å². The lowest BCUT2D eigenvalue weighted by Crippen LogP contribution is -2.29. The second-order valence-corrected chi connectivity index (χ2v) is 10.8. The number of hydrogen-bond donors (Lipinski definition) is 1. The second kappa shape index (κ2) is 12.4. The first kappa shape index (κ1) is 29.4. The van der Waals surface area contributed by atoms with E-state index in [0.29, 0.717) is 34.7 Å². The number of amides is 1. The number of benzene rings is 3. The molecule has 43 heavy (non-hydrogen) atoms. The summed E-state index contributed by atoms with van der Waals surface area (Å²) in [6.07, 6.45) is 1.42. The predicted molar refractivity (Wildman–Crippen MR) is 160 cm³/mol. The maximum atomic E-state index is 13.9. The molecule has 4 aromatic rings. The monoisotopic (exact) mass is 598 g/mol. The summed E-state index contributed by atoms with van der Waals surface area (Å²) in [5, 5.41) is 11.5. The summed E-state index contributed by atoms with van der Waals surface area (Å²) < 4.78 is 25.0. The van der Waals surface area contributed by atoms with E-state index in [0.717, 1.165) is 21.8 Å². The molecule has 0 aliphatic carbocycles. The largest absolute Gasteiger partial charge is 0.507 e. The minimum absolute atomic E-state index is 0.0128. The predicted octanol–water partition coefficient (Wildman–Crippen LogP) is 6.45. The number of ether oxygens (including phenoxy) is 2. The van der Waals surface area contributed by atoms with Crippen LogP contribution in [0.15, 0.2) is 91.0 Å². The molecule has 218 valence electrons. The number of aliphatic hydroxyl groups excluding tert-OH is 1. The minimum atomic E-state index is -1.14. The number of thiazole rings is 1. The average molecular weight is 599 g/mol. The highest BCUT2D eigenvalue weighted by molar-refractivity contribution is 7.17. The number of nitrogens with zero attached hydrogens (tertiary/aromatic N) is 2. The zero-order valence-corrected chi connectivity index (χ0v) is 24.2. The number of aryl methyl sites for hydroxylation is 2. The standard InChI is InChI=1S/C33H27FN2O6S/c1-4-16-41-32(40)30-20(3)35-33(43-30)36-27(22-10-13-24(34)14-11-22)26(29(38)31(36)39)28(37)23-12-15-25(19(2)17-23)42-18-21-8-6-5-7-9-21/h4-15,17,27,37H,1,16,18H2,2-3H3/b28-26+. The Balaban J connectivity index is 1.55. The molecule has 1 amide bonds. The molecular weight excluding hydrogens is 571 g/mol. The van der Waals surface area contributed by atoms with Crippen molar-refractivity contribution in [3.8, 4) is 5.75 Å². The van der Waals surface area contributed by atoms with Gasteiger partial charge >= 0.3 is 11.9 Å². The van der Waals surface area contributed by atoms with Crippen LogP contribution in [0.1, 0.15) is 43.7 Å². The summed E-state index contributed by atoms with van der Waals surface area (Å²) >= 11 is 0.878. The van der Waals surface area contributed by atoms with Gasteiger partial charge in [0.15, 0.2) is 5.13 Å². The maximum absolute atomic E-state index is 13.9. The lowest BCUT2D eigenvalue weighted by atomic mass is 9.95. The molecule has 5 rings (SSSR count). The molecule has 1 aliphatic rings. The van der Waals surface area contributed by atoms with E-state index in [-0.39, 0.29) is 22.2 Å². The first-order valence-corrected chi connectivity index (χ1v) is 14.1. The molecule has 0 radical (unpaired) electrons. The van der Waals surface area contributed by atoms with Gasteiger partial charge < -0.3 is 14.6 Å². The normalized spacial score (nSPS) is 15.9. The van der Waals surface area contributed by atoms with Gasteiger partial charge in [0.05, 0.1) is 17.3 Å². The topological polar surface area (TPSA) is 106 Å². The van der Waals surface area contributed by atoms with E-state index < -0.39 is 35.3 Å². The number of hydrogen-bond acceptors (Lipinski definition) is 8. The highest BCUT2D eigenvalue weighted by atomic mass is 32.1. The Kier molecular flexibility index (Phi) is 8.49. The summed E-state index contributed by atoms with van der Waals surface area (Å²) in [7, 11) is 0. The third kappa shape index (κ3) is 5.96. The van der Waals surface area contributed by atoms with Gasteiger partial charge in [-0.1, -0.05) is 66.5 Å². The number of aliphatic hydroxyl groups is 1. The molecule has 1 fully saturated rings. The number of carbonyl (C=O) groups is 3. The van der Waals surface area contributed by atoms with Gasteiger partial charge in [0, 0.05) is 5.56 Å². The molecule has 3 aromatic carbocycles. The molecule has 10 heteroatoms. The summed E-state index contributed by atoms with van der Waals surface area (Å²) in [5.41, 5.74) is 2.45. The van der Waals surface area contributed by atoms with Crippen LogP contribution in [0.2, 0.25) is 0 Å². The summed E-state index contributed by atoms with van der Waals surface area (Å²) in [6.45, 7) is 7.24. The van der Waals surface area contributed by atoms with Crippen LogP contribution in [0.4, 0.5) is 9.52 Å². The van der Waals surface area contributed by atoms with Gasteiger partial charge in [0.25, 0.3) is 5.78 Å². The number of halogens is 1. The van der Waals surface area contributed by atoms with Crippen molar-refractivity contribution in [2.75, 3.05) is 11.5 Å². The molecule has 0 saturated carbocycles. The number of anilines is 1. The number of carbonyl (C=O) groups excluding carboxylic acids is 3. The SMILES string of the molecule is C=CCOC(=O)c1sc(N2C(=O)C(=O)/C(=C(/O)c3ccc(OCc4ccccc4)c(C)c3)C2c2ccc(F)cc2)nc1C. The van der Waals surface area contributed by atoms with Crippen LogP contribution < -0.4 is 9.64 Å². The lowest BCUT2D eigenvalue weighted by molar-refractivity contribution is -0.132. The highest BCUT2D eigenvalue weighted by Gasteiger charge is 2.48. The molecule has 2 heterocycles. The maximum Gasteiger partial charge on any atom is 0.350 e. The van der Waals surface area contributed by atoms with Gasteiger partial charge in [-0.15, -0.1) is 0 Å². The first-order valence-electron chi connectivity index (χ1n) is 13.3. The third-order valence-corrected chi connectivity index (χ3v) is 7.96. The fourth-order valence-electron chi connectivity index (χ4n) is 4.71. The van der Waals surface area contributed by atoms with E-state index in [1.165, 1.54) is 30.3 Å². The molecule has 1 saturated heterocycles. The summed E-state index contributed by atoms with van der Waals surface area (Å²) in [5.74, 6) is -2.88. The Bertz CT molecular complexity index is 1750.